The fourth-order valence-electron chi connectivity index (χ4n) is 1.96. The Morgan fingerprint density at radius 3 is 2.60 bits per heavy atom. The van der Waals surface area contributed by atoms with E-state index in [4.69, 9.17) is 0 Å². The zero-order valence-corrected chi connectivity index (χ0v) is 12.3. The molecular formula is C14H21N3O3. The lowest BCUT2D eigenvalue weighted by Crippen LogP contribution is -2.40. The summed E-state index contributed by atoms with van der Waals surface area (Å²) in [4.78, 5) is 24.3. The van der Waals surface area contributed by atoms with Gasteiger partial charge in [-0.1, -0.05) is 6.07 Å². The van der Waals surface area contributed by atoms with Crippen LogP contribution < -0.4 is 10.2 Å². The van der Waals surface area contributed by atoms with Gasteiger partial charge in [-0.3, -0.25) is 14.9 Å². The Morgan fingerprint density at radius 2 is 2.10 bits per heavy atom. The van der Waals surface area contributed by atoms with Crippen molar-refractivity contribution in [3.63, 3.8) is 0 Å². The Hall–Kier alpha value is -2.11. The molecule has 0 unspecified atom stereocenters. The highest BCUT2D eigenvalue weighted by molar-refractivity contribution is 5.82. The van der Waals surface area contributed by atoms with Gasteiger partial charge in [0, 0.05) is 18.7 Å². The number of amides is 1. The van der Waals surface area contributed by atoms with E-state index in [2.05, 4.69) is 5.32 Å². The van der Waals surface area contributed by atoms with Gasteiger partial charge < -0.3 is 10.2 Å². The molecule has 0 aliphatic heterocycles. The highest BCUT2D eigenvalue weighted by Gasteiger charge is 2.20. The maximum Gasteiger partial charge on any atom is 0.292 e. The second-order valence-electron chi connectivity index (χ2n) is 4.99. The number of rotatable bonds is 6. The van der Waals surface area contributed by atoms with Gasteiger partial charge in [-0.25, -0.2) is 0 Å². The molecule has 1 rings (SSSR count). The summed E-state index contributed by atoms with van der Waals surface area (Å²) in [7, 11) is 0. The second kappa shape index (κ2) is 6.88. The van der Waals surface area contributed by atoms with Crippen LogP contribution >= 0.6 is 0 Å². The SMILES string of the molecule is CCN(CC(=O)NC(C)C)c1ccc(C)cc1[N+](=O)[O-]. The highest BCUT2D eigenvalue weighted by atomic mass is 16.6. The smallest absolute Gasteiger partial charge is 0.292 e. The molecule has 0 heterocycles. The molecule has 0 spiro atoms. The van der Waals surface area contributed by atoms with Gasteiger partial charge in [0.1, 0.15) is 5.69 Å². The van der Waals surface area contributed by atoms with Crippen LogP contribution in [0.1, 0.15) is 26.3 Å². The number of carbonyl (C=O) groups excluding carboxylic acids is 1. The molecule has 0 fully saturated rings. The molecule has 6 heteroatoms. The molecule has 0 aliphatic rings. The Kier molecular flexibility index (Phi) is 5.49. The summed E-state index contributed by atoms with van der Waals surface area (Å²) in [6.07, 6.45) is 0. The number of hydrogen-bond donors (Lipinski definition) is 1. The average Bonchev–Trinajstić information content (AvgIpc) is 2.35. The van der Waals surface area contributed by atoms with Crippen molar-refractivity contribution >= 4 is 17.3 Å². The summed E-state index contributed by atoms with van der Waals surface area (Å²) < 4.78 is 0. The van der Waals surface area contributed by atoms with Gasteiger partial charge in [0.25, 0.3) is 5.69 Å². The van der Waals surface area contributed by atoms with Crippen molar-refractivity contribution < 1.29 is 9.72 Å². The summed E-state index contributed by atoms with van der Waals surface area (Å²) in [5.74, 6) is -0.142. The number of nitrogens with zero attached hydrogens (tertiary/aromatic N) is 2. The maximum atomic E-state index is 11.8. The monoisotopic (exact) mass is 279 g/mol. The number of nitro benzene ring substituents is 1. The molecule has 0 bridgehead atoms. The molecule has 0 atom stereocenters. The number of nitro groups is 1. The molecule has 1 aromatic carbocycles. The Bertz CT molecular complexity index is 500. The molecular weight excluding hydrogens is 258 g/mol. The number of likely N-dealkylation sites (N-methyl/N-ethyl adjacent to an activating group) is 1. The van der Waals surface area contributed by atoms with Crippen LogP contribution in [0.25, 0.3) is 0 Å². The maximum absolute atomic E-state index is 11.8. The Morgan fingerprint density at radius 1 is 1.45 bits per heavy atom. The number of hydrogen-bond acceptors (Lipinski definition) is 4. The lowest BCUT2D eigenvalue weighted by atomic mass is 10.1. The van der Waals surface area contributed by atoms with Gasteiger partial charge in [-0.05, 0) is 39.3 Å². The molecule has 0 aliphatic carbocycles. The first-order valence-corrected chi connectivity index (χ1v) is 6.64. The van der Waals surface area contributed by atoms with E-state index >= 15 is 0 Å². The number of aryl methyl sites for hydroxylation is 1. The zero-order chi connectivity index (χ0) is 15.3. The van der Waals surface area contributed by atoms with Gasteiger partial charge in [-0.2, -0.15) is 0 Å². The van der Waals surface area contributed by atoms with E-state index < -0.39 is 4.92 Å². The van der Waals surface area contributed by atoms with E-state index in [1.165, 1.54) is 6.07 Å². The summed E-state index contributed by atoms with van der Waals surface area (Å²) in [6, 6.07) is 5.08. The van der Waals surface area contributed by atoms with Crippen LogP contribution in [0, 0.1) is 17.0 Å². The average molecular weight is 279 g/mol. The van der Waals surface area contributed by atoms with Crippen LogP contribution in [0.2, 0.25) is 0 Å². The van der Waals surface area contributed by atoms with E-state index in [9.17, 15) is 14.9 Å². The van der Waals surface area contributed by atoms with Crippen molar-refractivity contribution in [1.29, 1.82) is 0 Å². The molecule has 0 aromatic heterocycles. The lowest BCUT2D eigenvalue weighted by Gasteiger charge is -2.23. The largest absolute Gasteiger partial charge is 0.357 e. The molecule has 0 saturated carbocycles. The minimum absolute atomic E-state index is 0.0317. The summed E-state index contributed by atoms with van der Waals surface area (Å²) in [5, 5.41) is 13.9. The predicted octanol–water partition coefficient (Wildman–Crippen LogP) is 2.25. The first kappa shape index (κ1) is 15.9. The fourth-order valence-corrected chi connectivity index (χ4v) is 1.96. The zero-order valence-electron chi connectivity index (χ0n) is 12.3. The van der Waals surface area contributed by atoms with Gasteiger partial charge in [-0.15, -0.1) is 0 Å². The van der Waals surface area contributed by atoms with Crippen LogP contribution in [0.15, 0.2) is 18.2 Å². The summed E-state index contributed by atoms with van der Waals surface area (Å²) in [6.45, 7) is 8.06. The van der Waals surface area contributed by atoms with Crippen molar-refractivity contribution in [1.82, 2.24) is 5.32 Å². The van der Waals surface area contributed by atoms with E-state index in [-0.39, 0.29) is 24.2 Å². The molecule has 1 amide bonds. The minimum Gasteiger partial charge on any atom is -0.357 e. The second-order valence-corrected chi connectivity index (χ2v) is 4.99. The van der Waals surface area contributed by atoms with Gasteiger partial charge >= 0.3 is 0 Å². The van der Waals surface area contributed by atoms with E-state index in [0.29, 0.717) is 12.2 Å². The normalized spacial score (nSPS) is 10.4. The minimum atomic E-state index is -0.411. The number of carbonyl (C=O) groups is 1. The molecule has 0 radical (unpaired) electrons. The number of benzene rings is 1. The van der Waals surface area contributed by atoms with E-state index in [0.717, 1.165) is 5.56 Å². The summed E-state index contributed by atoms with van der Waals surface area (Å²) in [5.41, 5.74) is 1.33. The number of nitrogens with one attached hydrogen (secondary N) is 1. The molecule has 0 saturated heterocycles. The van der Waals surface area contributed by atoms with Crippen LogP contribution in [-0.4, -0.2) is 30.0 Å². The molecule has 1 N–H and O–H groups in total. The topological polar surface area (TPSA) is 75.5 Å². The first-order chi connectivity index (χ1) is 9.35. The van der Waals surface area contributed by atoms with Crippen molar-refractivity contribution in [2.24, 2.45) is 0 Å². The standard InChI is InChI=1S/C14H21N3O3/c1-5-16(9-14(18)15-10(2)3)12-7-6-11(4)8-13(12)17(19)20/h6-8,10H,5,9H2,1-4H3,(H,15,18). The first-order valence-electron chi connectivity index (χ1n) is 6.64. The predicted molar refractivity (Wildman–Crippen MR) is 79.0 cm³/mol. The van der Waals surface area contributed by atoms with Crippen LogP contribution in [0.5, 0.6) is 0 Å². The Labute approximate surface area is 118 Å². The quantitative estimate of drug-likeness (QED) is 0.640. The lowest BCUT2D eigenvalue weighted by molar-refractivity contribution is -0.384. The van der Waals surface area contributed by atoms with Crippen LogP contribution in [0.4, 0.5) is 11.4 Å². The number of anilines is 1. The third kappa shape index (κ3) is 4.22. The molecule has 110 valence electrons. The molecule has 1 aromatic rings. The van der Waals surface area contributed by atoms with Gasteiger partial charge in [0.2, 0.25) is 5.91 Å². The summed E-state index contributed by atoms with van der Waals surface area (Å²) >= 11 is 0. The highest BCUT2D eigenvalue weighted by Crippen LogP contribution is 2.28. The fraction of sp³-hybridized carbons (Fsp3) is 0.500. The van der Waals surface area contributed by atoms with Crippen LogP contribution in [0.3, 0.4) is 0 Å². The van der Waals surface area contributed by atoms with E-state index in [1.807, 2.05) is 26.8 Å². The van der Waals surface area contributed by atoms with Crippen molar-refractivity contribution in [2.45, 2.75) is 33.7 Å². The third-order valence-corrected chi connectivity index (χ3v) is 2.83. The van der Waals surface area contributed by atoms with Gasteiger partial charge in [0.15, 0.2) is 0 Å². The van der Waals surface area contributed by atoms with Crippen molar-refractivity contribution in [2.75, 3.05) is 18.0 Å². The molecule has 20 heavy (non-hydrogen) atoms. The Balaban J connectivity index is 3.00. The van der Waals surface area contributed by atoms with Crippen molar-refractivity contribution in [3.8, 4) is 0 Å². The third-order valence-electron chi connectivity index (χ3n) is 2.83. The van der Waals surface area contributed by atoms with Gasteiger partial charge in [0.05, 0.1) is 11.5 Å². The van der Waals surface area contributed by atoms with Crippen molar-refractivity contribution in [3.05, 3.63) is 33.9 Å². The van der Waals surface area contributed by atoms with E-state index in [1.54, 1.807) is 17.9 Å². The molecule has 6 nitrogen and oxygen atoms in total. The van der Waals surface area contributed by atoms with Crippen LogP contribution in [-0.2, 0) is 4.79 Å².